The molecule has 224 valence electrons. The highest BCUT2D eigenvalue weighted by atomic mass is 32.2. The van der Waals surface area contributed by atoms with Gasteiger partial charge in [-0.05, 0) is 64.1 Å². The molecule has 2 aliphatic carbocycles. The van der Waals surface area contributed by atoms with Gasteiger partial charge in [0.05, 0.1) is 16.9 Å². The van der Waals surface area contributed by atoms with Crippen molar-refractivity contribution in [3.8, 4) is 16.9 Å². The first-order valence-electron chi connectivity index (χ1n) is 13.0. The molecule has 1 fully saturated rings. The van der Waals surface area contributed by atoms with Gasteiger partial charge in [-0.25, -0.2) is 16.8 Å². The summed E-state index contributed by atoms with van der Waals surface area (Å²) in [6.07, 6.45) is -0.678. The number of hydrogen-bond acceptors (Lipinski definition) is 5. The van der Waals surface area contributed by atoms with Crippen molar-refractivity contribution in [1.29, 1.82) is 0 Å². The van der Waals surface area contributed by atoms with E-state index in [1.807, 2.05) is 0 Å². The molecule has 0 aromatic heterocycles. The van der Waals surface area contributed by atoms with E-state index in [9.17, 15) is 16.8 Å². The quantitative estimate of drug-likeness (QED) is 0.303. The molecule has 2 heterocycles. The van der Waals surface area contributed by atoms with E-state index in [4.69, 9.17) is 4.74 Å². The summed E-state index contributed by atoms with van der Waals surface area (Å²) < 4.78 is 153. The highest BCUT2D eigenvalue weighted by Gasteiger charge is 2.85. The number of alkyl halides is 6. The van der Waals surface area contributed by atoms with Crippen LogP contribution in [0.4, 0.5) is 26.3 Å². The molecule has 0 saturated heterocycles. The predicted octanol–water partition coefficient (Wildman–Crippen LogP) is 6.59. The van der Waals surface area contributed by atoms with Gasteiger partial charge in [-0.3, -0.25) is 0 Å². The van der Waals surface area contributed by atoms with Crippen LogP contribution in [0.2, 0.25) is 0 Å². The lowest BCUT2D eigenvalue weighted by Crippen LogP contribution is -2.52. The van der Waals surface area contributed by atoms with Crippen LogP contribution < -0.4 is 4.74 Å². The molecule has 3 aromatic rings. The number of sulfone groups is 2. The van der Waals surface area contributed by atoms with Gasteiger partial charge in [-0.2, -0.15) is 26.3 Å². The van der Waals surface area contributed by atoms with Gasteiger partial charge in [-0.1, -0.05) is 49.4 Å². The van der Waals surface area contributed by atoms with Crippen LogP contribution in [-0.4, -0.2) is 51.7 Å². The Morgan fingerprint density at radius 1 is 0.721 bits per heavy atom. The lowest BCUT2D eigenvalue weighted by atomic mass is 9.72. The standard InChI is InChI=1S/C30H20F6O5S2/c1-3-27-23(19-13-10-16(14-21(19)43(27,39)40)15-8-11-17(41-2)12-9-15)25-24(28(31,32)30(35,36)29(25,33)34)22-18-6-4-5-7-20(18)42(37,38)26(22)27/h4-14,26H,3H2,1-2H3. The highest BCUT2D eigenvalue weighted by Crippen LogP contribution is 2.73. The molecule has 2 atom stereocenters. The molecule has 0 N–H and O–H groups in total. The number of allylic oxidation sites excluding steroid dienone is 2. The van der Waals surface area contributed by atoms with Gasteiger partial charge < -0.3 is 4.74 Å². The lowest BCUT2D eigenvalue weighted by Gasteiger charge is -2.40. The molecule has 3 aromatic carbocycles. The van der Waals surface area contributed by atoms with Gasteiger partial charge in [0.25, 0.3) is 0 Å². The van der Waals surface area contributed by atoms with E-state index in [0.717, 1.165) is 24.3 Å². The Hall–Kier alpha value is -3.58. The number of fused-ring (bicyclic) bond motifs is 8. The Morgan fingerprint density at radius 3 is 1.95 bits per heavy atom. The van der Waals surface area contributed by atoms with Crippen molar-refractivity contribution in [3.63, 3.8) is 0 Å². The fraction of sp³-hybridized carbons (Fsp3) is 0.267. The maximum Gasteiger partial charge on any atom is 0.380 e. The fourth-order valence-corrected chi connectivity index (χ4v) is 12.7. The molecule has 0 radical (unpaired) electrons. The molecule has 4 aliphatic rings. The summed E-state index contributed by atoms with van der Waals surface area (Å²) in [4.78, 5) is -1.19. The summed E-state index contributed by atoms with van der Waals surface area (Å²) in [6.45, 7) is 1.22. The number of methoxy groups -OCH3 is 1. The third-order valence-electron chi connectivity index (χ3n) is 9.06. The Bertz CT molecular complexity index is 2070. The Morgan fingerprint density at radius 2 is 1.33 bits per heavy atom. The van der Waals surface area contributed by atoms with Crippen LogP contribution in [0.25, 0.3) is 22.3 Å². The van der Waals surface area contributed by atoms with Crippen LogP contribution in [0.5, 0.6) is 5.75 Å². The molecule has 43 heavy (non-hydrogen) atoms. The summed E-state index contributed by atoms with van der Waals surface area (Å²) in [5, 5.41) is -2.37. The van der Waals surface area contributed by atoms with Crippen molar-refractivity contribution >= 4 is 30.8 Å². The number of ether oxygens (including phenoxy) is 1. The smallest absolute Gasteiger partial charge is 0.380 e. The van der Waals surface area contributed by atoms with Gasteiger partial charge in [0.15, 0.2) is 19.7 Å². The number of hydrogen-bond donors (Lipinski definition) is 0. The Balaban J connectivity index is 1.66. The minimum Gasteiger partial charge on any atom is -0.497 e. The minimum absolute atomic E-state index is 0.278. The maximum absolute atomic E-state index is 15.8. The molecule has 13 heteroatoms. The monoisotopic (exact) mass is 638 g/mol. The van der Waals surface area contributed by atoms with E-state index in [0.29, 0.717) is 11.3 Å². The minimum atomic E-state index is -5.98. The Labute approximate surface area is 242 Å². The van der Waals surface area contributed by atoms with Crippen molar-refractivity contribution in [3.05, 3.63) is 89.0 Å². The third kappa shape index (κ3) is 2.91. The number of rotatable bonds is 3. The predicted molar refractivity (Wildman–Crippen MR) is 145 cm³/mol. The Kier molecular flexibility index (Phi) is 5.32. The molecule has 0 bridgehead atoms. The molecule has 0 spiro atoms. The first-order chi connectivity index (χ1) is 20.0. The van der Waals surface area contributed by atoms with Crippen molar-refractivity contribution < 1.29 is 47.9 Å². The van der Waals surface area contributed by atoms with Gasteiger partial charge in [-0.15, -0.1) is 0 Å². The second-order valence-corrected chi connectivity index (χ2v) is 15.0. The summed E-state index contributed by atoms with van der Waals surface area (Å²) in [5.41, 5.74) is -5.96. The van der Waals surface area contributed by atoms with Crippen LogP contribution in [0.1, 0.15) is 24.5 Å². The topological polar surface area (TPSA) is 77.5 Å². The maximum atomic E-state index is 15.8. The van der Waals surface area contributed by atoms with Crippen molar-refractivity contribution in [1.82, 2.24) is 0 Å². The van der Waals surface area contributed by atoms with E-state index in [2.05, 4.69) is 0 Å². The third-order valence-corrected chi connectivity index (χ3v) is 14.0. The molecular formula is C30H20F6O5S2. The van der Waals surface area contributed by atoms with Gasteiger partial charge in [0, 0.05) is 11.1 Å². The molecule has 1 saturated carbocycles. The zero-order chi connectivity index (χ0) is 31.1. The van der Waals surface area contributed by atoms with Gasteiger partial charge in [0.1, 0.15) is 15.7 Å². The summed E-state index contributed by atoms with van der Waals surface area (Å²) in [7, 11) is -8.41. The van der Waals surface area contributed by atoms with Crippen LogP contribution in [0, 0.1) is 0 Å². The van der Waals surface area contributed by atoms with E-state index in [1.165, 1.54) is 32.2 Å². The van der Waals surface area contributed by atoms with Gasteiger partial charge >= 0.3 is 17.8 Å². The highest BCUT2D eigenvalue weighted by molar-refractivity contribution is 7.98. The van der Waals surface area contributed by atoms with Crippen LogP contribution in [0.3, 0.4) is 0 Å². The summed E-state index contributed by atoms with van der Waals surface area (Å²) in [5.74, 6) is -16.5. The van der Waals surface area contributed by atoms with Crippen molar-refractivity contribution in [2.75, 3.05) is 7.11 Å². The van der Waals surface area contributed by atoms with E-state index >= 15 is 26.3 Å². The first-order valence-corrected chi connectivity index (χ1v) is 16.1. The van der Waals surface area contributed by atoms with E-state index in [-0.39, 0.29) is 5.56 Å². The molecule has 2 aliphatic heterocycles. The summed E-state index contributed by atoms with van der Waals surface area (Å²) in [6, 6.07) is 14.5. The lowest BCUT2D eigenvalue weighted by molar-refractivity contribution is -0.257. The zero-order valence-corrected chi connectivity index (χ0v) is 23.9. The average Bonchev–Trinajstić information content (AvgIpc) is 3.37. The molecule has 7 rings (SSSR count). The number of halogens is 6. The first kappa shape index (κ1) is 28.2. The van der Waals surface area contributed by atoms with Crippen molar-refractivity contribution in [2.24, 2.45) is 0 Å². The average molecular weight is 639 g/mol. The zero-order valence-electron chi connectivity index (χ0n) is 22.3. The van der Waals surface area contributed by atoms with E-state index < -0.39 is 97.1 Å². The van der Waals surface area contributed by atoms with Crippen molar-refractivity contribution in [2.45, 2.75) is 50.9 Å². The van der Waals surface area contributed by atoms with Gasteiger partial charge in [0.2, 0.25) is 0 Å². The second-order valence-electron chi connectivity index (χ2n) is 10.9. The fourth-order valence-electron chi connectivity index (χ4n) is 7.16. The number of benzene rings is 3. The normalized spacial score (nSPS) is 27.7. The largest absolute Gasteiger partial charge is 0.497 e. The molecule has 2 unspecified atom stereocenters. The SMILES string of the molecule is CCC12C(=C3C(=C4c5ccccc5S(=O)(=O)C41)C(F)(F)C(F)(F)C3(F)F)c1ccc(-c3ccc(OC)cc3)cc1S2(=O)=O. The van der Waals surface area contributed by atoms with E-state index in [1.54, 1.807) is 24.3 Å². The molecule has 0 amide bonds. The van der Waals surface area contributed by atoms with Crippen LogP contribution in [0.15, 0.2) is 87.7 Å². The van der Waals surface area contributed by atoms with Crippen LogP contribution >= 0.6 is 0 Å². The molecular weight excluding hydrogens is 618 g/mol. The second kappa shape index (κ2) is 8.12. The summed E-state index contributed by atoms with van der Waals surface area (Å²) >= 11 is 0. The molecule has 5 nitrogen and oxygen atoms in total. The van der Waals surface area contributed by atoms with Crippen LogP contribution in [-0.2, 0) is 19.7 Å².